The summed E-state index contributed by atoms with van der Waals surface area (Å²) in [5.74, 6) is 2.62. The molecule has 4 rings (SSSR count). The SMILES string of the molecule is COc1ccc(N2CCN(C(=O)c3ccc(CSc4nccn4C)o3)CC2)cc1. The zero-order chi connectivity index (χ0) is 20.2. The summed E-state index contributed by atoms with van der Waals surface area (Å²) >= 11 is 1.59. The highest BCUT2D eigenvalue weighted by atomic mass is 32.2. The fourth-order valence-corrected chi connectivity index (χ4v) is 4.14. The predicted octanol–water partition coefficient (Wildman–Crippen LogP) is 3.28. The molecule has 0 spiro atoms. The summed E-state index contributed by atoms with van der Waals surface area (Å²) in [6, 6.07) is 11.7. The van der Waals surface area contributed by atoms with Gasteiger partial charge in [0.05, 0.1) is 12.9 Å². The first kappa shape index (κ1) is 19.4. The Morgan fingerprint density at radius 2 is 1.90 bits per heavy atom. The average Bonchev–Trinajstić information content (AvgIpc) is 3.41. The normalized spacial score (nSPS) is 14.3. The standard InChI is InChI=1S/C21H24N4O3S/c1-23-10-9-22-21(23)29-15-18-7-8-19(28-18)20(26)25-13-11-24(12-14-25)16-3-5-17(27-2)6-4-16/h3-10H,11-15H2,1-2H3. The number of aryl methyl sites for hydroxylation is 1. The Kier molecular flexibility index (Phi) is 5.80. The lowest BCUT2D eigenvalue weighted by molar-refractivity contribution is 0.0713. The van der Waals surface area contributed by atoms with Gasteiger partial charge < -0.3 is 23.5 Å². The topological polar surface area (TPSA) is 63.7 Å². The Morgan fingerprint density at radius 3 is 2.55 bits per heavy atom. The Balaban J connectivity index is 1.31. The minimum atomic E-state index is -0.0485. The van der Waals surface area contributed by atoms with Gasteiger partial charge in [0.1, 0.15) is 11.5 Å². The van der Waals surface area contributed by atoms with Crippen molar-refractivity contribution in [1.82, 2.24) is 14.5 Å². The number of hydrogen-bond acceptors (Lipinski definition) is 6. The van der Waals surface area contributed by atoms with Crippen LogP contribution in [-0.2, 0) is 12.8 Å². The number of carbonyl (C=O) groups is 1. The molecule has 2 aromatic heterocycles. The van der Waals surface area contributed by atoms with E-state index in [2.05, 4.69) is 9.88 Å². The third-order valence-corrected chi connectivity index (χ3v) is 6.08. The molecule has 7 nitrogen and oxygen atoms in total. The molecule has 1 saturated heterocycles. The van der Waals surface area contributed by atoms with Crippen LogP contribution in [0.3, 0.4) is 0 Å². The van der Waals surface area contributed by atoms with Crippen LogP contribution in [0.25, 0.3) is 0 Å². The fraction of sp³-hybridized carbons (Fsp3) is 0.333. The highest BCUT2D eigenvalue weighted by molar-refractivity contribution is 7.98. The molecule has 8 heteroatoms. The highest BCUT2D eigenvalue weighted by Gasteiger charge is 2.24. The van der Waals surface area contributed by atoms with Crippen molar-refractivity contribution >= 4 is 23.4 Å². The first-order valence-corrected chi connectivity index (χ1v) is 10.5. The molecule has 0 atom stereocenters. The van der Waals surface area contributed by atoms with Gasteiger partial charge in [0.2, 0.25) is 0 Å². The lowest BCUT2D eigenvalue weighted by Gasteiger charge is -2.35. The van der Waals surface area contributed by atoms with Crippen molar-refractivity contribution in [3.63, 3.8) is 0 Å². The molecule has 0 bridgehead atoms. The highest BCUT2D eigenvalue weighted by Crippen LogP contribution is 2.24. The zero-order valence-electron chi connectivity index (χ0n) is 16.6. The number of amides is 1. The molecule has 0 saturated carbocycles. The van der Waals surface area contributed by atoms with Crippen LogP contribution in [0, 0.1) is 0 Å². The maximum absolute atomic E-state index is 12.8. The number of ether oxygens (including phenoxy) is 1. The van der Waals surface area contributed by atoms with E-state index in [0.29, 0.717) is 24.6 Å². The molecule has 29 heavy (non-hydrogen) atoms. The number of benzene rings is 1. The minimum Gasteiger partial charge on any atom is -0.497 e. The van der Waals surface area contributed by atoms with E-state index < -0.39 is 0 Å². The predicted molar refractivity (Wildman–Crippen MR) is 113 cm³/mol. The van der Waals surface area contributed by atoms with Gasteiger partial charge in [-0.05, 0) is 36.4 Å². The summed E-state index contributed by atoms with van der Waals surface area (Å²) < 4.78 is 13.0. The Bertz CT molecular complexity index is 958. The van der Waals surface area contributed by atoms with E-state index in [4.69, 9.17) is 9.15 Å². The molecule has 152 valence electrons. The number of nitrogens with zero attached hydrogens (tertiary/aromatic N) is 4. The molecule has 1 aliphatic heterocycles. The number of thioether (sulfide) groups is 1. The Hall–Kier alpha value is -2.87. The third-order valence-electron chi connectivity index (χ3n) is 5.00. The largest absolute Gasteiger partial charge is 0.497 e. The monoisotopic (exact) mass is 412 g/mol. The van der Waals surface area contributed by atoms with Gasteiger partial charge in [0, 0.05) is 51.3 Å². The van der Waals surface area contributed by atoms with E-state index in [-0.39, 0.29) is 5.91 Å². The van der Waals surface area contributed by atoms with Crippen molar-refractivity contribution in [2.24, 2.45) is 7.05 Å². The van der Waals surface area contributed by atoms with Crippen molar-refractivity contribution in [3.8, 4) is 5.75 Å². The van der Waals surface area contributed by atoms with Gasteiger partial charge >= 0.3 is 0 Å². The van der Waals surface area contributed by atoms with Crippen LogP contribution in [-0.4, -0.2) is 53.6 Å². The average molecular weight is 413 g/mol. The summed E-state index contributed by atoms with van der Waals surface area (Å²) in [6.45, 7) is 2.92. The molecule has 3 heterocycles. The lowest BCUT2D eigenvalue weighted by Crippen LogP contribution is -2.48. The van der Waals surface area contributed by atoms with E-state index in [9.17, 15) is 4.79 Å². The number of aromatic nitrogens is 2. The number of rotatable bonds is 6. The second-order valence-electron chi connectivity index (χ2n) is 6.85. The van der Waals surface area contributed by atoms with Gasteiger partial charge in [0.25, 0.3) is 5.91 Å². The van der Waals surface area contributed by atoms with Crippen LogP contribution in [0.5, 0.6) is 5.75 Å². The van der Waals surface area contributed by atoms with Crippen molar-refractivity contribution in [2.75, 3.05) is 38.2 Å². The quantitative estimate of drug-likeness (QED) is 0.579. The third kappa shape index (κ3) is 4.42. The van der Waals surface area contributed by atoms with Crippen LogP contribution in [0.15, 0.2) is 58.4 Å². The molecule has 1 aromatic carbocycles. The van der Waals surface area contributed by atoms with Crippen LogP contribution in [0.2, 0.25) is 0 Å². The van der Waals surface area contributed by atoms with Crippen LogP contribution < -0.4 is 9.64 Å². The number of hydrogen-bond donors (Lipinski definition) is 0. The minimum absolute atomic E-state index is 0.0485. The molecule has 0 aliphatic carbocycles. The van der Waals surface area contributed by atoms with E-state index >= 15 is 0 Å². The van der Waals surface area contributed by atoms with E-state index in [1.54, 1.807) is 31.1 Å². The maximum Gasteiger partial charge on any atom is 0.289 e. The van der Waals surface area contributed by atoms with Gasteiger partial charge in [-0.25, -0.2) is 4.98 Å². The van der Waals surface area contributed by atoms with E-state index in [1.165, 1.54) is 0 Å². The second-order valence-corrected chi connectivity index (χ2v) is 7.80. The molecule has 3 aromatic rings. The summed E-state index contributed by atoms with van der Waals surface area (Å²) in [5.41, 5.74) is 1.14. The summed E-state index contributed by atoms with van der Waals surface area (Å²) in [7, 11) is 3.62. The maximum atomic E-state index is 12.8. The molecular weight excluding hydrogens is 388 g/mol. The van der Waals surface area contributed by atoms with Crippen molar-refractivity contribution in [2.45, 2.75) is 10.9 Å². The number of anilines is 1. The van der Waals surface area contributed by atoms with Crippen molar-refractivity contribution in [3.05, 3.63) is 60.3 Å². The van der Waals surface area contributed by atoms with Crippen molar-refractivity contribution in [1.29, 1.82) is 0 Å². The van der Waals surface area contributed by atoms with E-state index in [0.717, 1.165) is 35.4 Å². The molecule has 1 aliphatic rings. The second kappa shape index (κ2) is 8.65. The van der Waals surface area contributed by atoms with Gasteiger partial charge in [-0.1, -0.05) is 11.8 Å². The lowest BCUT2D eigenvalue weighted by atomic mass is 10.2. The summed E-state index contributed by atoms with van der Waals surface area (Å²) in [4.78, 5) is 21.2. The molecule has 1 amide bonds. The number of carbonyl (C=O) groups excluding carboxylic acids is 1. The Labute approximate surface area is 174 Å². The molecule has 0 unspecified atom stereocenters. The van der Waals surface area contributed by atoms with Gasteiger partial charge in [0.15, 0.2) is 10.9 Å². The summed E-state index contributed by atoms with van der Waals surface area (Å²) in [5, 5.41) is 0.920. The molecule has 1 fully saturated rings. The molecule has 0 radical (unpaired) electrons. The van der Waals surface area contributed by atoms with Crippen molar-refractivity contribution < 1.29 is 13.9 Å². The first-order valence-electron chi connectivity index (χ1n) is 9.51. The van der Waals surface area contributed by atoms with Crippen LogP contribution in [0.4, 0.5) is 5.69 Å². The Morgan fingerprint density at radius 1 is 1.14 bits per heavy atom. The van der Waals surface area contributed by atoms with Gasteiger partial charge in [-0.15, -0.1) is 0 Å². The smallest absolute Gasteiger partial charge is 0.289 e. The van der Waals surface area contributed by atoms with E-state index in [1.807, 2.05) is 53.0 Å². The fourth-order valence-electron chi connectivity index (χ4n) is 3.31. The number of piperazine rings is 1. The van der Waals surface area contributed by atoms with Gasteiger partial charge in [-0.2, -0.15) is 0 Å². The first-order chi connectivity index (χ1) is 14.1. The van der Waals surface area contributed by atoms with Gasteiger partial charge in [-0.3, -0.25) is 4.79 Å². The number of furan rings is 1. The molecule has 0 N–H and O–H groups in total. The van der Waals surface area contributed by atoms with Crippen LogP contribution in [0.1, 0.15) is 16.3 Å². The number of methoxy groups -OCH3 is 1. The molecular formula is C21H24N4O3S. The summed E-state index contributed by atoms with van der Waals surface area (Å²) in [6.07, 6.45) is 3.68. The van der Waals surface area contributed by atoms with Crippen LogP contribution >= 0.6 is 11.8 Å². The number of imidazole rings is 1. The zero-order valence-corrected chi connectivity index (χ0v) is 17.4.